The molecule has 1 aromatic carbocycles. The molecule has 0 bridgehead atoms. The quantitative estimate of drug-likeness (QED) is 0.706. The number of hydrogen-bond donors (Lipinski definition) is 0. The van der Waals surface area contributed by atoms with Crippen LogP contribution in [0.2, 0.25) is 0 Å². The molecule has 0 nitrogen and oxygen atoms in total. The van der Waals surface area contributed by atoms with Gasteiger partial charge in [0.1, 0.15) is 0 Å². The Kier molecular flexibility index (Phi) is 3.01. The number of benzene rings is 1. The van der Waals surface area contributed by atoms with Crippen LogP contribution < -0.4 is 0 Å². The smallest absolute Gasteiger partial charge is 0.170 e. The fraction of sp³-hybridized carbons (Fsp3) is 0.333. The van der Waals surface area contributed by atoms with E-state index in [0.29, 0.717) is 0 Å². The predicted octanol–water partition coefficient (Wildman–Crippen LogP) is 4.11. The maximum absolute atomic E-state index is 12.2. The van der Waals surface area contributed by atoms with E-state index < -0.39 is 12.1 Å². The second-order valence-electron chi connectivity index (χ2n) is 2.81. The molecule has 0 aliphatic heterocycles. The highest BCUT2D eigenvalue weighted by atomic mass is 79.9. The van der Waals surface area contributed by atoms with Gasteiger partial charge in [-0.25, -0.2) is 0 Å². The summed E-state index contributed by atoms with van der Waals surface area (Å²) < 4.78 is 37.5. The highest BCUT2D eigenvalue weighted by molar-refractivity contribution is 9.10. The van der Waals surface area contributed by atoms with E-state index in [1.807, 2.05) is 0 Å². The molecule has 13 heavy (non-hydrogen) atoms. The lowest BCUT2D eigenvalue weighted by atomic mass is 10.0. The van der Waals surface area contributed by atoms with E-state index >= 15 is 0 Å². The Balaban J connectivity index is 2.90. The SMILES string of the molecule is CC(c1ccc(Br)cc1)C(F)(F)F. The molecule has 1 atom stereocenters. The van der Waals surface area contributed by atoms with Crippen molar-refractivity contribution in [2.75, 3.05) is 0 Å². The molecule has 1 unspecified atom stereocenters. The van der Waals surface area contributed by atoms with E-state index in [2.05, 4.69) is 15.9 Å². The molecule has 4 heteroatoms. The summed E-state index contributed by atoms with van der Waals surface area (Å²) in [6.45, 7) is 1.16. The third kappa shape index (κ3) is 2.72. The summed E-state index contributed by atoms with van der Waals surface area (Å²) in [6, 6.07) is 6.17. The van der Waals surface area contributed by atoms with Gasteiger partial charge in [0, 0.05) is 4.47 Å². The molecule has 72 valence electrons. The summed E-state index contributed by atoms with van der Waals surface area (Å²) in [6.07, 6.45) is -4.16. The van der Waals surface area contributed by atoms with Crippen molar-refractivity contribution in [1.29, 1.82) is 0 Å². The lowest BCUT2D eigenvalue weighted by Crippen LogP contribution is -2.17. The Morgan fingerprint density at radius 2 is 1.62 bits per heavy atom. The van der Waals surface area contributed by atoms with Crippen molar-refractivity contribution < 1.29 is 13.2 Å². The summed E-state index contributed by atoms with van der Waals surface area (Å²) in [7, 11) is 0. The van der Waals surface area contributed by atoms with Gasteiger partial charge in [0.25, 0.3) is 0 Å². The van der Waals surface area contributed by atoms with Crippen LogP contribution in [-0.4, -0.2) is 6.18 Å². The molecule has 0 saturated carbocycles. The van der Waals surface area contributed by atoms with Crippen LogP contribution in [0.15, 0.2) is 28.7 Å². The van der Waals surface area contributed by atoms with Gasteiger partial charge in [0.2, 0.25) is 0 Å². The topological polar surface area (TPSA) is 0 Å². The molecule has 0 aliphatic carbocycles. The van der Waals surface area contributed by atoms with Crippen LogP contribution in [0.5, 0.6) is 0 Å². The van der Waals surface area contributed by atoms with Gasteiger partial charge in [-0.15, -0.1) is 0 Å². The predicted molar refractivity (Wildman–Crippen MR) is 48.6 cm³/mol. The minimum Gasteiger partial charge on any atom is -0.170 e. The lowest BCUT2D eigenvalue weighted by molar-refractivity contribution is -0.146. The molecule has 0 aromatic heterocycles. The zero-order valence-corrected chi connectivity index (χ0v) is 8.48. The van der Waals surface area contributed by atoms with Gasteiger partial charge in [-0.1, -0.05) is 28.1 Å². The van der Waals surface area contributed by atoms with Crippen molar-refractivity contribution in [3.05, 3.63) is 34.3 Å². The molecular formula is C9H8BrF3. The zero-order valence-electron chi connectivity index (χ0n) is 6.90. The highest BCUT2D eigenvalue weighted by Crippen LogP contribution is 2.34. The fourth-order valence-corrected chi connectivity index (χ4v) is 1.20. The summed E-state index contributed by atoms with van der Waals surface area (Å²) in [5, 5.41) is 0. The van der Waals surface area contributed by atoms with Gasteiger partial charge >= 0.3 is 6.18 Å². The first-order valence-corrected chi connectivity index (χ1v) is 4.52. The molecule has 0 heterocycles. The molecular weight excluding hydrogens is 245 g/mol. The second kappa shape index (κ2) is 3.70. The minimum atomic E-state index is -4.16. The van der Waals surface area contributed by atoms with Crippen LogP contribution in [0, 0.1) is 0 Å². The number of rotatable bonds is 1. The van der Waals surface area contributed by atoms with E-state index in [9.17, 15) is 13.2 Å². The monoisotopic (exact) mass is 252 g/mol. The van der Waals surface area contributed by atoms with Crippen LogP contribution in [0.1, 0.15) is 18.4 Å². The van der Waals surface area contributed by atoms with Crippen molar-refractivity contribution in [3.63, 3.8) is 0 Å². The minimum absolute atomic E-state index is 0.288. The average Bonchev–Trinajstić information content (AvgIpc) is 2.03. The van der Waals surface area contributed by atoms with Crippen molar-refractivity contribution in [3.8, 4) is 0 Å². The molecule has 0 fully saturated rings. The van der Waals surface area contributed by atoms with Crippen LogP contribution in [0.4, 0.5) is 13.2 Å². The number of hydrogen-bond acceptors (Lipinski definition) is 0. The number of halogens is 4. The Morgan fingerprint density at radius 1 is 1.15 bits per heavy atom. The highest BCUT2D eigenvalue weighted by Gasteiger charge is 2.36. The van der Waals surface area contributed by atoms with E-state index in [1.54, 1.807) is 12.1 Å². The Morgan fingerprint density at radius 3 is 2.00 bits per heavy atom. The zero-order chi connectivity index (χ0) is 10.1. The van der Waals surface area contributed by atoms with Crippen molar-refractivity contribution in [2.45, 2.75) is 19.0 Å². The van der Waals surface area contributed by atoms with Crippen LogP contribution >= 0.6 is 15.9 Å². The van der Waals surface area contributed by atoms with Crippen LogP contribution in [0.25, 0.3) is 0 Å². The molecule has 1 rings (SSSR count). The van der Waals surface area contributed by atoms with Gasteiger partial charge in [0.05, 0.1) is 5.92 Å². The summed E-state index contributed by atoms with van der Waals surface area (Å²) in [5.74, 6) is -1.40. The first kappa shape index (κ1) is 10.6. The van der Waals surface area contributed by atoms with Gasteiger partial charge in [0.15, 0.2) is 0 Å². The first-order chi connectivity index (χ1) is 5.91. The van der Waals surface area contributed by atoms with E-state index in [4.69, 9.17) is 0 Å². The molecule has 0 radical (unpaired) electrons. The Labute approximate surface area is 82.9 Å². The van der Waals surface area contributed by atoms with Gasteiger partial charge in [-0.3, -0.25) is 0 Å². The Hall–Kier alpha value is -0.510. The molecule has 0 N–H and O–H groups in total. The van der Waals surface area contributed by atoms with Crippen molar-refractivity contribution >= 4 is 15.9 Å². The van der Waals surface area contributed by atoms with E-state index in [0.717, 1.165) is 11.4 Å². The third-order valence-electron chi connectivity index (χ3n) is 1.86. The van der Waals surface area contributed by atoms with Gasteiger partial charge in [-0.05, 0) is 24.6 Å². The fourth-order valence-electron chi connectivity index (χ4n) is 0.940. The number of alkyl halides is 3. The largest absolute Gasteiger partial charge is 0.395 e. The van der Waals surface area contributed by atoms with Crippen LogP contribution in [-0.2, 0) is 0 Å². The summed E-state index contributed by atoms with van der Waals surface area (Å²) in [5.41, 5.74) is 0.288. The second-order valence-corrected chi connectivity index (χ2v) is 3.73. The van der Waals surface area contributed by atoms with Gasteiger partial charge in [-0.2, -0.15) is 13.2 Å². The first-order valence-electron chi connectivity index (χ1n) is 3.73. The Bertz CT molecular complexity index is 276. The van der Waals surface area contributed by atoms with Crippen LogP contribution in [0.3, 0.4) is 0 Å². The molecule has 1 aromatic rings. The normalized spacial score (nSPS) is 14.2. The molecule has 0 aliphatic rings. The maximum atomic E-state index is 12.2. The lowest BCUT2D eigenvalue weighted by Gasteiger charge is -2.15. The summed E-state index contributed by atoms with van der Waals surface area (Å²) in [4.78, 5) is 0. The van der Waals surface area contributed by atoms with Crippen molar-refractivity contribution in [1.82, 2.24) is 0 Å². The van der Waals surface area contributed by atoms with E-state index in [1.165, 1.54) is 12.1 Å². The molecule has 0 amide bonds. The van der Waals surface area contributed by atoms with Gasteiger partial charge < -0.3 is 0 Å². The van der Waals surface area contributed by atoms with Crippen molar-refractivity contribution in [2.24, 2.45) is 0 Å². The average molecular weight is 253 g/mol. The standard InChI is InChI=1S/C9H8BrF3/c1-6(9(11,12)13)7-2-4-8(10)5-3-7/h2-6H,1H3. The third-order valence-corrected chi connectivity index (χ3v) is 2.39. The van der Waals surface area contributed by atoms with E-state index in [-0.39, 0.29) is 5.56 Å². The molecule has 0 spiro atoms. The maximum Gasteiger partial charge on any atom is 0.395 e. The molecule has 0 saturated heterocycles. The summed E-state index contributed by atoms with van der Waals surface area (Å²) >= 11 is 3.16.